The number of ether oxygens (including phenoxy) is 1. The Morgan fingerprint density at radius 2 is 1.84 bits per heavy atom. The molecule has 2 aromatic carbocycles. The second-order valence-corrected chi connectivity index (χ2v) is 6.27. The summed E-state index contributed by atoms with van der Waals surface area (Å²) in [5.41, 5.74) is 0.813. The lowest BCUT2D eigenvalue weighted by atomic mass is 9.64. The molecular formula is C20H20FNO3. The van der Waals surface area contributed by atoms with Gasteiger partial charge in [0.25, 0.3) is 0 Å². The van der Waals surface area contributed by atoms with Crippen molar-refractivity contribution in [1.82, 2.24) is 5.32 Å². The van der Waals surface area contributed by atoms with Crippen molar-refractivity contribution in [3.63, 3.8) is 0 Å². The van der Waals surface area contributed by atoms with Crippen LogP contribution in [0.3, 0.4) is 0 Å². The van der Waals surface area contributed by atoms with Crippen molar-refractivity contribution in [2.75, 3.05) is 6.54 Å². The fraction of sp³-hybridized carbons (Fsp3) is 0.300. The van der Waals surface area contributed by atoms with E-state index in [1.807, 2.05) is 30.3 Å². The van der Waals surface area contributed by atoms with Gasteiger partial charge >= 0.3 is 5.97 Å². The summed E-state index contributed by atoms with van der Waals surface area (Å²) in [6.07, 6.45) is 2.21. The molecule has 1 saturated carbocycles. The summed E-state index contributed by atoms with van der Waals surface area (Å²) in [6, 6.07) is 15.5. The van der Waals surface area contributed by atoms with Gasteiger partial charge in [-0.25, -0.2) is 4.39 Å². The van der Waals surface area contributed by atoms with E-state index in [0.29, 0.717) is 18.4 Å². The summed E-state index contributed by atoms with van der Waals surface area (Å²) in [5, 5.41) is 2.64. The van der Waals surface area contributed by atoms with Crippen LogP contribution in [0, 0.1) is 5.82 Å². The van der Waals surface area contributed by atoms with Crippen molar-refractivity contribution in [3.8, 4) is 0 Å². The summed E-state index contributed by atoms with van der Waals surface area (Å²) in [6.45, 7) is -0.0205. The van der Waals surface area contributed by atoms with Gasteiger partial charge < -0.3 is 10.1 Å². The smallest absolute Gasteiger partial charge is 0.325 e. The Labute approximate surface area is 146 Å². The van der Waals surface area contributed by atoms with E-state index in [1.54, 1.807) is 12.1 Å². The number of carbonyl (C=O) groups is 2. The van der Waals surface area contributed by atoms with E-state index in [1.165, 1.54) is 12.1 Å². The highest BCUT2D eigenvalue weighted by atomic mass is 19.1. The van der Waals surface area contributed by atoms with Crippen molar-refractivity contribution >= 4 is 11.9 Å². The number of esters is 1. The molecule has 1 fully saturated rings. The number of halogens is 1. The molecule has 1 aliphatic rings. The summed E-state index contributed by atoms with van der Waals surface area (Å²) in [5.74, 6) is -1.11. The third-order valence-electron chi connectivity index (χ3n) is 4.65. The standard InChI is InChI=1S/C20H20FNO3/c21-17-9-4-8-16(12-17)20(10-5-11-20)19(24)22-13-18(23)25-14-15-6-2-1-3-7-15/h1-4,6-9,12H,5,10-11,13-14H2,(H,22,24). The molecule has 4 nitrogen and oxygen atoms in total. The Morgan fingerprint density at radius 1 is 1.08 bits per heavy atom. The monoisotopic (exact) mass is 341 g/mol. The molecule has 1 aliphatic carbocycles. The highest BCUT2D eigenvalue weighted by molar-refractivity contribution is 5.91. The van der Waals surface area contributed by atoms with Crippen LogP contribution in [0.5, 0.6) is 0 Å². The number of amides is 1. The largest absolute Gasteiger partial charge is 0.460 e. The van der Waals surface area contributed by atoms with Gasteiger partial charge in [-0.05, 0) is 36.1 Å². The van der Waals surface area contributed by atoms with E-state index < -0.39 is 11.4 Å². The second-order valence-electron chi connectivity index (χ2n) is 6.27. The van der Waals surface area contributed by atoms with Gasteiger partial charge in [-0.15, -0.1) is 0 Å². The Kier molecular flexibility index (Phi) is 5.12. The lowest BCUT2D eigenvalue weighted by Gasteiger charge is -2.40. The predicted molar refractivity (Wildman–Crippen MR) is 91.2 cm³/mol. The molecule has 5 heteroatoms. The SMILES string of the molecule is O=C(CNC(=O)C1(c2cccc(F)c2)CCC1)OCc1ccccc1. The number of hydrogen-bond donors (Lipinski definition) is 1. The van der Waals surface area contributed by atoms with Crippen LogP contribution in [0.25, 0.3) is 0 Å². The minimum Gasteiger partial charge on any atom is -0.460 e. The average Bonchev–Trinajstić information content (AvgIpc) is 2.58. The Morgan fingerprint density at radius 3 is 2.48 bits per heavy atom. The van der Waals surface area contributed by atoms with Crippen molar-refractivity contribution in [2.45, 2.75) is 31.3 Å². The van der Waals surface area contributed by atoms with Crippen molar-refractivity contribution in [2.24, 2.45) is 0 Å². The topological polar surface area (TPSA) is 55.4 Å². The fourth-order valence-electron chi connectivity index (χ4n) is 3.07. The molecule has 0 unspecified atom stereocenters. The summed E-state index contributed by atoms with van der Waals surface area (Å²) >= 11 is 0. The maximum Gasteiger partial charge on any atom is 0.325 e. The molecule has 0 radical (unpaired) electrons. The molecule has 0 heterocycles. The van der Waals surface area contributed by atoms with Crippen LogP contribution in [-0.4, -0.2) is 18.4 Å². The molecule has 0 spiro atoms. The zero-order valence-corrected chi connectivity index (χ0v) is 13.8. The average molecular weight is 341 g/mol. The van der Waals surface area contributed by atoms with Gasteiger partial charge in [0.2, 0.25) is 5.91 Å². The molecule has 25 heavy (non-hydrogen) atoms. The van der Waals surface area contributed by atoms with Crippen molar-refractivity contribution in [3.05, 3.63) is 71.5 Å². The predicted octanol–water partition coefficient (Wildman–Crippen LogP) is 3.11. The van der Waals surface area contributed by atoms with E-state index in [2.05, 4.69) is 5.32 Å². The first-order chi connectivity index (χ1) is 12.1. The number of nitrogens with one attached hydrogen (secondary N) is 1. The number of hydrogen-bond acceptors (Lipinski definition) is 3. The van der Waals surface area contributed by atoms with Gasteiger partial charge in [0.05, 0.1) is 5.41 Å². The van der Waals surface area contributed by atoms with Crippen LogP contribution in [0.4, 0.5) is 4.39 Å². The van der Waals surface area contributed by atoms with E-state index in [0.717, 1.165) is 12.0 Å². The number of benzene rings is 2. The Balaban J connectivity index is 1.55. The number of rotatable bonds is 6. The summed E-state index contributed by atoms with van der Waals surface area (Å²) < 4.78 is 18.6. The van der Waals surface area contributed by atoms with E-state index in [-0.39, 0.29) is 24.9 Å². The normalized spacial score (nSPS) is 15.1. The molecule has 1 amide bonds. The zero-order valence-electron chi connectivity index (χ0n) is 13.8. The van der Waals surface area contributed by atoms with Gasteiger partial charge in [-0.2, -0.15) is 0 Å². The minimum absolute atomic E-state index is 0.171. The quantitative estimate of drug-likeness (QED) is 0.822. The number of carbonyl (C=O) groups excluding carboxylic acids is 2. The summed E-state index contributed by atoms with van der Waals surface area (Å²) in [7, 11) is 0. The van der Waals surface area contributed by atoms with Crippen LogP contribution >= 0.6 is 0 Å². The molecule has 1 N–H and O–H groups in total. The second kappa shape index (κ2) is 7.47. The molecule has 0 atom stereocenters. The van der Waals surface area contributed by atoms with Crippen LogP contribution < -0.4 is 5.32 Å². The minimum atomic E-state index is -0.734. The molecular weight excluding hydrogens is 321 g/mol. The van der Waals surface area contributed by atoms with E-state index in [9.17, 15) is 14.0 Å². The first-order valence-corrected chi connectivity index (χ1v) is 8.34. The molecule has 3 rings (SSSR count). The van der Waals surface area contributed by atoms with Crippen LogP contribution in [0.2, 0.25) is 0 Å². The first-order valence-electron chi connectivity index (χ1n) is 8.34. The Bertz CT molecular complexity index is 757. The van der Waals surface area contributed by atoms with Crippen molar-refractivity contribution < 1.29 is 18.7 Å². The lowest BCUT2D eigenvalue weighted by Crippen LogP contribution is -2.50. The maximum absolute atomic E-state index is 13.5. The third-order valence-corrected chi connectivity index (χ3v) is 4.65. The van der Waals surface area contributed by atoms with Crippen LogP contribution in [-0.2, 0) is 26.3 Å². The Hall–Kier alpha value is -2.69. The van der Waals surface area contributed by atoms with Crippen molar-refractivity contribution in [1.29, 1.82) is 0 Å². The highest BCUT2D eigenvalue weighted by Crippen LogP contribution is 2.44. The van der Waals surface area contributed by atoms with Crippen LogP contribution in [0.1, 0.15) is 30.4 Å². The first kappa shape index (κ1) is 17.1. The van der Waals surface area contributed by atoms with E-state index in [4.69, 9.17) is 4.74 Å². The maximum atomic E-state index is 13.5. The third kappa shape index (κ3) is 3.87. The molecule has 0 saturated heterocycles. The van der Waals surface area contributed by atoms with Gasteiger partial charge in [0, 0.05) is 0 Å². The highest BCUT2D eigenvalue weighted by Gasteiger charge is 2.45. The summed E-state index contributed by atoms with van der Waals surface area (Å²) in [4.78, 5) is 24.4. The van der Waals surface area contributed by atoms with Gasteiger partial charge in [-0.1, -0.05) is 48.9 Å². The molecule has 0 aliphatic heterocycles. The zero-order chi connectivity index (χ0) is 17.7. The fourth-order valence-corrected chi connectivity index (χ4v) is 3.07. The molecule has 0 aromatic heterocycles. The molecule has 2 aromatic rings. The van der Waals surface area contributed by atoms with E-state index >= 15 is 0 Å². The van der Waals surface area contributed by atoms with Gasteiger partial charge in [0.1, 0.15) is 19.0 Å². The van der Waals surface area contributed by atoms with Crippen LogP contribution in [0.15, 0.2) is 54.6 Å². The molecule has 130 valence electrons. The van der Waals surface area contributed by atoms with Gasteiger partial charge in [-0.3, -0.25) is 9.59 Å². The van der Waals surface area contributed by atoms with Gasteiger partial charge in [0.15, 0.2) is 0 Å². The molecule has 0 bridgehead atoms. The lowest BCUT2D eigenvalue weighted by molar-refractivity contribution is -0.146.